The largest absolute Gasteiger partial charge is 0.397 e. The quantitative estimate of drug-likeness (QED) is 0.724. The van der Waals surface area contributed by atoms with Crippen LogP contribution in [0.1, 0.15) is 5.69 Å². The van der Waals surface area contributed by atoms with Gasteiger partial charge in [0.15, 0.2) is 5.58 Å². The third-order valence-electron chi connectivity index (χ3n) is 3.12. The third-order valence-corrected chi connectivity index (χ3v) is 4.50. The number of nitrogens with two attached hydrogens (primary N) is 1. The van der Waals surface area contributed by atoms with Crippen molar-refractivity contribution < 1.29 is 12.9 Å². The van der Waals surface area contributed by atoms with Gasteiger partial charge in [-0.1, -0.05) is 23.4 Å². The molecule has 0 radical (unpaired) electrons. The summed E-state index contributed by atoms with van der Waals surface area (Å²) in [6, 6.07) is 11.2. The fraction of sp³-hybridized carbons (Fsp3) is 0.0714. The minimum atomic E-state index is -3.69. The van der Waals surface area contributed by atoms with Gasteiger partial charge in [0.25, 0.3) is 10.0 Å². The lowest BCUT2D eigenvalue weighted by Gasteiger charge is -2.10. The Kier molecular flexibility index (Phi) is 3.06. The van der Waals surface area contributed by atoms with Crippen LogP contribution in [0.15, 0.2) is 51.9 Å². The first-order chi connectivity index (χ1) is 9.97. The second-order valence-electron chi connectivity index (χ2n) is 4.62. The Bertz CT molecular complexity index is 902. The molecule has 0 bridgehead atoms. The Morgan fingerprint density at radius 2 is 1.90 bits per heavy atom. The minimum Gasteiger partial charge on any atom is -0.397 e. The SMILES string of the molecule is Cc1noc2cc(NS(=O)(=O)c3ccccc3)c(N)cc12. The average molecular weight is 303 g/mol. The maximum atomic E-state index is 12.3. The molecule has 3 N–H and O–H groups in total. The van der Waals surface area contributed by atoms with E-state index in [0.29, 0.717) is 17.0 Å². The lowest BCUT2D eigenvalue weighted by Crippen LogP contribution is -2.14. The zero-order chi connectivity index (χ0) is 15.0. The van der Waals surface area contributed by atoms with E-state index in [1.165, 1.54) is 18.2 Å². The van der Waals surface area contributed by atoms with E-state index in [-0.39, 0.29) is 10.6 Å². The van der Waals surface area contributed by atoms with Crippen molar-refractivity contribution in [2.75, 3.05) is 10.5 Å². The molecule has 1 heterocycles. The van der Waals surface area contributed by atoms with Crippen LogP contribution in [0.3, 0.4) is 0 Å². The van der Waals surface area contributed by atoms with Crippen LogP contribution in [0.4, 0.5) is 11.4 Å². The predicted octanol–water partition coefficient (Wildman–Crippen LogP) is 2.52. The number of hydrogen-bond donors (Lipinski definition) is 2. The molecule has 7 heteroatoms. The van der Waals surface area contributed by atoms with E-state index < -0.39 is 10.0 Å². The van der Waals surface area contributed by atoms with E-state index in [1.54, 1.807) is 31.2 Å². The average Bonchev–Trinajstić information content (AvgIpc) is 2.81. The van der Waals surface area contributed by atoms with Gasteiger partial charge in [0.1, 0.15) is 0 Å². The molecule has 1 aromatic heterocycles. The van der Waals surface area contributed by atoms with Crippen LogP contribution in [0.5, 0.6) is 0 Å². The number of sulfonamides is 1. The molecule has 21 heavy (non-hydrogen) atoms. The summed E-state index contributed by atoms with van der Waals surface area (Å²) < 4.78 is 32.2. The third kappa shape index (κ3) is 2.43. The van der Waals surface area contributed by atoms with Crippen molar-refractivity contribution in [3.8, 4) is 0 Å². The molecule has 0 fully saturated rings. The van der Waals surface area contributed by atoms with E-state index >= 15 is 0 Å². The maximum absolute atomic E-state index is 12.3. The molecule has 0 saturated carbocycles. The van der Waals surface area contributed by atoms with Gasteiger partial charge in [0, 0.05) is 11.5 Å². The summed E-state index contributed by atoms with van der Waals surface area (Å²) in [7, 11) is -3.69. The van der Waals surface area contributed by atoms with Crippen LogP contribution < -0.4 is 10.5 Å². The first-order valence-electron chi connectivity index (χ1n) is 6.21. The first-order valence-corrected chi connectivity index (χ1v) is 7.69. The molecule has 3 aromatic rings. The highest BCUT2D eigenvalue weighted by molar-refractivity contribution is 7.92. The van der Waals surface area contributed by atoms with Crippen molar-refractivity contribution in [3.05, 3.63) is 48.2 Å². The van der Waals surface area contributed by atoms with Gasteiger partial charge >= 0.3 is 0 Å². The van der Waals surface area contributed by atoms with E-state index in [1.807, 2.05) is 0 Å². The smallest absolute Gasteiger partial charge is 0.261 e. The summed E-state index contributed by atoms with van der Waals surface area (Å²) in [5, 5.41) is 4.58. The van der Waals surface area contributed by atoms with E-state index in [9.17, 15) is 8.42 Å². The minimum absolute atomic E-state index is 0.165. The fourth-order valence-electron chi connectivity index (χ4n) is 2.01. The summed E-state index contributed by atoms with van der Waals surface area (Å²) in [6.07, 6.45) is 0. The molecule has 3 rings (SSSR count). The number of aryl methyl sites for hydroxylation is 1. The van der Waals surface area contributed by atoms with Crippen molar-refractivity contribution in [1.29, 1.82) is 0 Å². The van der Waals surface area contributed by atoms with Crippen LogP contribution in [0.2, 0.25) is 0 Å². The number of benzene rings is 2. The molecule has 2 aromatic carbocycles. The standard InChI is InChI=1S/C14H13N3O3S/c1-9-11-7-12(15)13(8-14(11)20-16-9)17-21(18,19)10-5-3-2-4-6-10/h2-8,17H,15H2,1H3. The number of fused-ring (bicyclic) bond motifs is 1. The second-order valence-corrected chi connectivity index (χ2v) is 6.30. The van der Waals surface area contributed by atoms with Gasteiger partial charge < -0.3 is 10.3 Å². The molecule has 0 spiro atoms. The Balaban J connectivity index is 2.04. The van der Waals surface area contributed by atoms with Gasteiger partial charge in [-0.2, -0.15) is 0 Å². The van der Waals surface area contributed by atoms with Gasteiger partial charge in [-0.15, -0.1) is 0 Å². The number of nitrogen functional groups attached to an aromatic ring is 1. The highest BCUT2D eigenvalue weighted by Gasteiger charge is 2.17. The highest BCUT2D eigenvalue weighted by atomic mass is 32.2. The molecule has 0 aliphatic rings. The summed E-state index contributed by atoms with van der Waals surface area (Å²) in [6.45, 7) is 1.79. The summed E-state index contributed by atoms with van der Waals surface area (Å²) in [4.78, 5) is 0.165. The Hall–Kier alpha value is -2.54. The molecule has 0 amide bonds. The Morgan fingerprint density at radius 3 is 2.62 bits per heavy atom. The van der Waals surface area contributed by atoms with E-state index in [2.05, 4.69) is 9.88 Å². The molecule has 6 nitrogen and oxygen atoms in total. The number of aromatic nitrogens is 1. The Morgan fingerprint density at radius 1 is 1.19 bits per heavy atom. The number of nitrogens with zero attached hydrogens (tertiary/aromatic N) is 1. The maximum Gasteiger partial charge on any atom is 0.261 e. The second kappa shape index (κ2) is 4.78. The predicted molar refractivity (Wildman–Crippen MR) is 80.4 cm³/mol. The fourth-order valence-corrected chi connectivity index (χ4v) is 3.11. The van der Waals surface area contributed by atoms with Crippen molar-refractivity contribution >= 4 is 32.4 Å². The number of nitrogens with one attached hydrogen (secondary N) is 1. The topological polar surface area (TPSA) is 98.2 Å². The van der Waals surface area contributed by atoms with Gasteiger partial charge in [-0.3, -0.25) is 4.72 Å². The van der Waals surface area contributed by atoms with Crippen LogP contribution in [0, 0.1) is 6.92 Å². The molecular weight excluding hydrogens is 290 g/mol. The number of anilines is 2. The molecule has 0 aliphatic carbocycles. The van der Waals surface area contributed by atoms with Crippen molar-refractivity contribution in [1.82, 2.24) is 5.16 Å². The normalized spacial score (nSPS) is 11.7. The van der Waals surface area contributed by atoms with Gasteiger partial charge in [-0.05, 0) is 25.1 Å². The summed E-state index contributed by atoms with van der Waals surface area (Å²) >= 11 is 0. The van der Waals surface area contributed by atoms with Crippen molar-refractivity contribution in [2.45, 2.75) is 11.8 Å². The van der Waals surface area contributed by atoms with Gasteiger partial charge in [0.2, 0.25) is 0 Å². The van der Waals surface area contributed by atoms with Crippen LogP contribution in [-0.4, -0.2) is 13.6 Å². The molecule has 108 valence electrons. The highest BCUT2D eigenvalue weighted by Crippen LogP contribution is 2.29. The lowest BCUT2D eigenvalue weighted by atomic mass is 10.2. The lowest BCUT2D eigenvalue weighted by molar-refractivity contribution is 0.450. The van der Waals surface area contributed by atoms with Crippen LogP contribution in [-0.2, 0) is 10.0 Å². The molecule has 0 saturated heterocycles. The van der Waals surface area contributed by atoms with E-state index in [0.717, 1.165) is 5.39 Å². The van der Waals surface area contributed by atoms with Gasteiger partial charge in [-0.25, -0.2) is 8.42 Å². The van der Waals surface area contributed by atoms with E-state index in [4.69, 9.17) is 10.3 Å². The summed E-state index contributed by atoms with van der Waals surface area (Å²) in [5.74, 6) is 0. The summed E-state index contributed by atoms with van der Waals surface area (Å²) in [5.41, 5.74) is 7.67. The van der Waals surface area contributed by atoms with Gasteiger partial charge in [0.05, 0.1) is 22.0 Å². The zero-order valence-corrected chi connectivity index (χ0v) is 12.0. The molecule has 0 unspecified atom stereocenters. The first kappa shape index (κ1) is 13.4. The molecular formula is C14H13N3O3S. The van der Waals surface area contributed by atoms with Crippen LogP contribution in [0.25, 0.3) is 11.0 Å². The zero-order valence-electron chi connectivity index (χ0n) is 11.2. The molecule has 0 aliphatic heterocycles. The van der Waals surface area contributed by atoms with Crippen molar-refractivity contribution in [3.63, 3.8) is 0 Å². The molecule has 0 atom stereocenters. The van der Waals surface area contributed by atoms with Crippen molar-refractivity contribution in [2.24, 2.45) is 0 Å². The number of rotatable bonds is 3. The number of hydrogen-bond acceptors (Lipinski definition) is 5. The Labute approximate surface area is 121 Å². The van der Waals surface area contributed by atoms with Crippen LogP contribution >= 0.6 is 0 Å². The monoisotopic (exact) mass is 303 g/mol.